The molecule has 3 atom stereocenters. The van der Waals surface area contributed by atoms with Gasteiger partial charge >= 0.3 is 0 Å². The van der Waals surface area contributed by atoms with E-state index in [4.69, 9.17) is 4.74 Å². The Morgan fingerprint density at radius 1 is 1.00 bits per heavy atom. The number of hydrogen-bond donors (Lipinski definition) is 3. The second-order valence-corrected chi connectivity index (χ2v) is 8.20. The third-order valence-corrected chi connectivity index (χ3v) is 5.99. The number of nitrogens with one attached hydrogen (secondary N) is 3. The fourth-order valence-corrected chi connectivity index (χ4v) is 4.37. The predicted octanol–water partition coefficient (Wildman–Crippen LogP) is 3.22. The van der Waals surface area contributed by atoms with Crippen LogP contribution in [-0.2, 0) is 9.53 Å². The van der Waals surface area contributed by atoms with Crippen LogP contribution in [0.1, 0.15) is 36.3 Å². The second kappa shape index (κ2) is 9.53. The molecule has 4 rings (SSSR count). The number of piperidine rings is 2. The largest absolute Gasteiger partial charge is 0.374 e. The van der Waals surface area contributed by atoms with E-state index < -0.39 is 0 Å². The molecule has 154 valence electrons. The van der Waals surface area contributed by atoms with E-state index in [0.717, 1.165) is 38.0 Å². The molecular weight excluding hydrogens is 362 g/mol. The van der Waals surface area contributed by atoms with Gasteiger partial charge in [0.25, 0.3) is 0 Å². The van der Waals surface area contributed by atoms with Gasteiger partial charge in [0.2, 0.25) is 5.91 Å². The topological polar surface area (TPSA) is 62.4 Å². The van der Waals surface area contributed by atoms with Gasteiger partial charge in [0.1, 0.15) is 0 Å². The molecule has 0 aliphatic carbocycles. The first-order valence-electron chi connectivity index (χ1n) is 10.7. The first kappa shape index (κ1) is 20.1. The summed E-state index contributed by atoms with van der Waals surface area (Å²) >= 11 is 0. The Bertz CT molecular complexity index is 788. The molecular formula is C24H31N3O2. The Kier molecular flexibility index (Phi) is 6.60. The van der Waals surface area contributed by atoms with Crippen molar-refractivity contribution in [2.45, 2.75) is 50.4 Å². The van der Waals surface area contributed by atoms with Crippen molar-refractivity contribution < 1.29 is 9.53 Å². The zero-order valence-corrected chi connectivity index (χ0v) is 17.1. The Morgan fingerprint density at radius 3 is 2.45 bits per heavy atom. The van der Waals surface area contributed by atoms with Gasteiger partial charge < -0.3 is 20.7 Å². The van der Waals surface area contributed by atoms with Gasteiger partial charge in [-0.25, -0.2) is 0 Å². The standard InChI is InChI=1S/C24H31N3O2/c1-17-7-9-19(10-8-17)27-24(28)23-22(18-5-3-2-4-6-18)15-21(16-26-23)29-20-11-13-25-14-12-20/h2-10,20-23,25-26H,11-16H2,1H3,(H,27,28). The molecule has 3 N–H and O–H groups in total. The summed E-state index contributed by atoms with van der Waals surface area (Å²) in [6.45, 7) is 4.80. The number of carbonyl (C=O) groups is 1. The van der Waals surface area contributed by atoms with Crippen LogP contribution in [0.3, 0.4) is 0 Å². The third kappa shape index (κ3) is 5.24. The summed E-state index contributed by atoms with van der Waals surface area (Å²) < 4.78 is 6.41. The van der Waals surface area contributed by atoms with E-state index in [0.29, 0.717) is 12.6 Å². The van der Waals surface area contributed by atoms with E-state index in [1.807, 2.05) is 49.4 Å². The van der Waals surface area contributed by atoms with Crippen LogP contribution in [0.25, 0.3) is 0 Å². The minimum atomic E-state index is -0.272. The first-order valence-corrected chi connectivity index (χ1v) is 10.7. The fraction of sp³-hybridized carbons (Fsp3) is 0.458. The summed E-state index contributed by atoms with van der Waals surface area (Å²) in [5.41, 5.74) is 3.20. The van der Waals surface area contributed by atoms with E-state index in [1.165, 1.54) is 11.1 Å². The lowest BCUT2D eigenvalue weighted by Crippen LogP contribution is -2.54. The van der Waals surface area contributed by atoms with Gasteiger partial charge in [0.15, 0.2) is 0 Å². The quantitative estimate of drug-likeness (QED) is 0.730. The van der Waals surface area contributed by atoms with E-state index in [-0.39, 0.29) is 24.0 Å². The molecule has 29 heavy (non-hydrogen) atoms. The molecule has 2 saturated heterocycles. The summed E-state index contributed by atoms with van der Waals surface area (Å²) in [6, 6.07) is 18.0. The normalized spacial score (nSPS) is 25.5. The maximum atomic E-state index is 13.1. The smallest absolute Gasteiger partial charge is 0.242 e. The van der Waals surface area contributed by atoms with Crippen molar-refractivity contribution in [1.29, 1.82) is 0 Å². The molecule has 0 spiro atoms. The van der Waals surface area contributed by atoms with Crippen molar-refractivity contribution in [3.63, 3.8) is 0 Å². The average molecular weight is 394 g/mol. The Balaban J connectivity index is 1.46. The second-order valence-electron chi connectivity index (χ2n) is 8.20. The lowest BCUT2D eigenvalue weighted by molar-refractivity contribution is -0.120. The Labute approximate surface area is 173 Å². The number of amides is 1. The van der Waals surface area contributed by atoms with Gasteiger partial charge in [-0.2, -0.15) is 0 Å². The molecule has 0 bridgehead atoms. The van der Waals surface area contributed by atoms with Gasteiger partial charge in [0.05, 0.1) is 18.2 Å². The summed E-state index contributed by atoms with van der Waals surface area (Å²) in [6.07, 6.45) is 3.42. The van der Waals surface area contributed by atoms with Crippen LogP contribution in [0.5, 0.6) is 0 Å². The Hall–Kier alpha value is -2.21. The predicted molar refractivity (Wildman–Crippen MR) is 116 cm³/mol. The average Bonchev–Trinajstić information content (AvgIpc) is 2.76. The third-order valence-electron chi connectivity index (χ3n) is 5.99. The number of hydrogen-bond acceptors (Lipinski definition) is 4. The van der Waals surface area contributed by atoms with Crippen molar-refractivity contribution in [3.8, 4) is 0 Å². The molecule has 2 fully saturated rings. The van der Waals surface area contributed by atoms with Gasteiger partial charge in [-0.05, 0) is 57.0 Å². The number of anilines is 1. The van der Waals surface area contributed by atoms with Crippen LogP contribution in [0.4, 0.5) is 5.69 Å². The number of carbonyl (C=O) groups excluding carboxylic acids is 1. The van der Waals surface area contributed by atoms with Crippen LogP contribution < -0.4 is 16.0 Å². The minimum Gasteiger partial charge on any atom is -0.374 e. The van der Waals surface area contributed by atoms with Crippen molar-refractivity contribution in [3.05, 3.63) is 65.7 Å². The lowest BCUT2D eigenvalue weighted by atomic mass is 9.83. The van der Waals surface area contributed by atoms with Crippen LogP contribution in [-0.4, -0.2) is 43.8 Å². The van der Waals surface area contributed by atoms with Gasteiger partial charge in [-0.15, -0.1) is 0 Å². The van der Waals surface area contributed by atoms with Gasteiger partial charge in [-0.1, -0.05) is 48.0 Å². The zero-order valence-electron chi connectivity index (χ0n) is 17.1. The van der Waals surface area contributed by atoms with Crippen molar-refractivity contribution in [2.24, 2.45) is 0 Å². The molecule has 0 radical (unpaired) electrons. The summed E-state index contributed by atoms with van der Waals surface area (Å²) in [7, 11) is 0. The molecule has 0 saturated carbocycles. The van der Waals surface area contributed by atoms with E-state index >= 15 is 0 Å². The summed E-state index contributed by atoms with van der Waals surface area (Å²) in [4.78, 5) is 13.1. The molecule has 1 amide bonds. The molecule has 2 heterocycles. The highest BCUT2D eigenvalue weighted by Crippen LogP contribution is 2.31. The molecule has 2 aliphatic heterocycles. The maximum Gasteiger partial charge on any atom is 0.242 e. The Morgan fingerprint density at radius 2 is 1.72 bits per heavy atom. The van der Waals surface area contributed by atoms with Gasteiger partial charge in [0, 0.05) is 18.2 Å². The van der Waals surface area contributed by atoms with Crippen LogP contribution in [0.2, 0.25) is 0 Å². The molecule has 2 aliphatic rings. The summed E-state index contributed by atoms with van der Waals surface area (Å²) in [5.74, 6) is 0.102. The summed E-state index contributed by atoms with van der Waals surface area (Å²) in [5, 5.41) is 9.96. The van der Waals surface area contributed by atoms with Crippen molar-refractivity contribution in [2.75, 3.05) is 25.0 Å². The molecule has 5 heteroatoms. The van der Waals surface area contributed by atoms with Crippen molar-refractivity contribution in [1.82, 2.24) is 10.6 Å². The van der Waals surface area contributed by atoms with Crippen LogP contribution in [0, 0.1) is 6.92 Å². The highest BCUT2D eigenvalue weighted by Gasteiger charge is 2.37. The van der Waals surface area contributed by atoms with Crippen LogP contribution >= 0.6 is 0 Å². The SMILES string of the molecule is Cc1ccc(NC(=O)C2NCC(OC3CCNCC3)CC2c2ccccc2)cc1. The molecule has 0 aromatic heterocycles. The molecule has 2 aromatic rings. The van der Waals surface area contributed by atoms with Crippen molar-refractivity contribution >= 4 is 11.6 Å². The first-order chi connectivity index (χ1) is 14.2. The highest BCUT2D eigenvalue weighted by atomic mass is 16.5. The number of aryl methyl sites for hydroxylation is 1. The molecule has 5 nitrogen and oxygen atoms in total. The van der Waals surface area contributed by atoms with E-state index in [1.54, 1.807) is 0 Å². The lowest BCUT2D eigenvalue weighted by Gasteiger charge is -2.38. The molecule has 2 aromatic carbocycles. The number of benzene rings is 2. The maximum absolute atomic E-state index is 13.1. The van der Waals surface area contributed by atoms with Gasteiger partial charge in [-0.3, -0.25) is 4.79 Å². The number of rotatable bonds is 5. The molecule has 3 unspecified atom stereocenters. The minimum absolute atomic E-state index is 0.0167. The monoisotopic (exact) mass is 393 g/mol. The fourth-order valence-electron chi connectivity index (χ4n) is 4.37. The van der Waals surface area contributed by atoms with E-state index in [9.17, 15) is 4.79 Å². The van der Waals surface area contributed by atoms with Crippen LogP contribution in [0.15, 0.2) is 54.6 Å². The zero-order chi connectivity index (χ0) is 20.1. The number of ether oxygens (including phenoxy) is 1. The van der Waals surface area contributed by atoms with E-state index in [2.05, 4.69) is 28.1 Å². The highest BCUT2D eigenvalue weighted by molar-refractivity contribution is 5.95.